The molecule has 1 aromatic rings. The molecule has 0 radical (unpaired) electrons. The summed E-state index contributed by atoms with van der Waals surface area (Å²) in [7, 11) is 3.66. The average molecular weight is 272 g/mol. The number of carbonyl (C=O) groups is 1. The van der Waals surface area contributed by atoms with E-state index >= 15 is 0 Å². The number of terminal acetylenes is 1. The molecular weight excluding hydrogens is 252 g/mol. The summed E-state index contributed by atoms with van der Waals surface area (Å²) in [5.74, 6) is 3.04. The van der Waals surface area contributed by atoms with Gasteiger partial charge in [0.05, 0.1) is 12.7 Å². The normalized spacial score (nSPS) is 23.1. The molecule has 1 aliphatic rings. The van der Waals surface area contributed by atoms with Crippen molar-refractivity contribution in [1.29, 1.82) is 0 Å². The van der Waals surface area contributed by atoms with E-state index < -0.39 is 0 Å². The molecule has 0 aliphatic carbocycles. The first-order valence-corrected chi connectivity index (χ1v) is 6.71. The number of hydrogen-bond donors (Lipinski definition) is 1. The van der Waals surface area contributed by atoms with Gasteiger partial charge in [0, 0.05) is 17.5 Å². The van der Waals surface area contributed by atoms with Crippen LogP contribution in [0.2, 0.25) is 0 Å². The zero-order chi connectivity index (χ0) is 14.7. The van der Waals surface area contributed by atoms with Gasteiger partial charge in [0.15, 0.2) is 0 Å². The van der Waals surface area contributed by atoms with Crippen LogP contribution in [0.4, 0.5) is 0 Å². The lowest BCUT2D eigenvalue weighted by Crippen LogP contribution is -2.38. The Morgan fingerprint density at radius 3 is 2.90 bits per heavy atom. The summed E-state index contributed by atoms with van der Waals surface area (Å²) in [6.07, 6.45) is 7.03. The van der Waals surface area contributed by atoms with E-state index in [1.165, 1.54) is 0 Å². The van der Waals surface area contributed by atoms with Crippen molar-refractivity contribution in [3.63, 3.8) is 0 Å². The molecule has 2 unspecified atom stereocenters. The standard InChI is InChI=1S/C16H20N2O2/c1-4-11-6-5-7-13(15(11)20-3)14-10-12(16(17)19)8-9-18(14)2/h1,5-7,12,14H,8-10H2,2-3H3,(H2,17,19). The highest BCUT2D eigenvalue weighted by atomic mass is 16.5. The molecule has 0 bridgehead atoms. The minimum atomic E-state index is -0.227. The first kappa shape index (κ1) is 14.4. The highest BCUT2D eigenvalue weighted by Crippen LogP contribution is 2.38. The predicted octanol–water partition coefficient (Wildman–Crippen LogP) is 1.54. The van der Waals surface area contributed by atoms with E-state index in [1.54, 1.807) is 7.11 Å². The summed E-state index contributed by atoms with van der Waals surface area (Å²) in [6.45, 7) is 0.835. The van der Waals surface area contributed by atoms with Crippen LogP contribution in [-0.4, -0.2) is 31.5 Å². The number of primary amides is 1. The second kappa shape index (κ2) is 5.98. The minimum Gasteiger partial charge on any atom is -0.495 e. The summed E-state index contributed by atoms with van der Waals surface area (Å²) in [5, 5.41) is 0. The van der Waals surface area contributed by atoms with E-state index in [-0.39, 0.29) is 17.9 Å². The van der Waals surface area contributed by atoms with Crippen LogP contribution in [0, 0.1) is 18.3 Å². The molecule has 1 saturated heterocycles. The van der Waals surface area contributed by atoms with Crippen molar-refractivity contribution in [3.05, 3.63) is 29.3 Å². The van der Waals surface area contributed by atoms with Crippen molar-refractivity contribution in [2.75, 3.05) is 20.7 Å². The second-order valence-corrected chi connectivity index (χ2v) is 5.19. The maximum absolute atomic E-state index is 11.5. The maximum atomic E-state index is 11.5. The fourth-order valence-electron chi connectivity index (χ4n) is 2.86. The largest absolute Gasteiger partial charge is 0.495 e. The van der Waals surface area contributed by atoms with Crippen LogP contribution >= 0.6 is 0 Å². The number of methoxy groups -OCH3 is 1. The Hall–Kier alpha value is -1.99. The number of nitrogens with zero attached hydrogens (tertiary/aromatic N) is 1. The van der Waals surface area contributed by atoms with Gasteiger partial charge in [0.25, 0.3) is 0 Å². The number of carbonyl (C=O) groups excluding carboxylic acids is 1. The minimum absolute atomic E-state index is 0.0876. The van der Waals surface area contributed by atoms with E-state index in [0.29, 0.717) is 6.42 Å². The number of hydrogen-bond acceptors (Lipinski definition) is 3. The third kappa shape index (κ3) is 2.63. The molecule has 1 heterocycles. The molecule has 20 heavy (non-hydrogen) atoms. The van der Waals surface area contributed by atoms with E-state index in [4.69, 9.17) is 16.9 Å². The fourth-order valence-corrected chi connectivity index (χ4v) is 2.86. The number of ether oxygens (including phenoxy) is 1. The van der Waals surface area contributed by atoms with Crippen molar-refractivity contribution >= 4 is 5.91 Å². The number of amides is 1. The van der Waals surface area contributed by atoms with Gasteiger partial charge in [-0.05, 0) is 32.5 Å². The summed E-state index contributed by atoms with van der Waals surface area (Å²) >= 11 is 0. The van der Waals surface area contributed by atoms with Crippen LogP contribution in [0.1, 0.15) is 30.0 Å². The lowest BCUT2D eigenvalue weighted by Gasteiger charge is -2.37. The van der Waals surface area contributed by atoms with Gasteiger partial charge in [-0.1, -0.05) is 18.1 Å². The number of piperidine rings is 1. The molecule has 2 N–H and O–H groups in total. The zero-order valence-electron chi connectivity index (χ0n) is 11.9. The Kier molecular flexibility index (Phi) is 4.31. The number of rotatable bonds is 3. The monoisotopic (exact) mass is 272 g/mol. The molecule has 1 fully saturated rings. The molecule has 0 saturated carbocycles. The number of para-hydroxylation sites is 1. The van der Waals surface area contributed by atoms with Gasteiger partial charge < -0.3 is 10.5 Å². The zero-order valence-corrected chi connectivity index (χ0v) is 11.9. The van der Waals surface area contributed by atoms with Crippen LogP contribution in [-0.2, 0) is 4.79 Å². The van der Waals surface area contributed by atoms with Gasteiger partial charge in [-0.3, -0.25) is 9.69 Å². The van der Waals surface area contributed by atoms with Crippen molar-refractivity contribution in [2.45, 2.75) is 18.9 Å². The molecule has 106 valence electrons. The molecule has 2 atom stereocenters. The molecule has 4 heteroatoms. The molecule has 4 nitrogen and oxygen atoms in total. The maximum Gasteiger partial charge on any atom is 0.220 e. The summed E-state index contributed by atoms with van der Waals surface area (Å²) < 4.78 is 5.48. The van der Waals surface area contributed by atoms with Crippen LogP contribution < -0.4 is 10.5 Å². The highest BCUT2D eigenvalue weighted by molar-refractivity contribution is 5.76. The summed E-state index contributed by atoms with van der Waals surface area (Å²) in [4.78, 5) is 13.7. The number of likely N-dealkylation sites (tertiary alicyclic amines) is 1. The predicted molar refractivity (Wildman–Crippen MR) is 78.2 cm³/mol. The van der Waals surface area contributed by atoms with Gasteiger partial charge in [-0.2, -0.15) is 0 Å². The van der Waals surface area contributed by atoms with Crippen molar-refractivity contribution in [3.8, 4) is 18.1 Å². The van der Waals surface area contributed by atoms with Gasteiger partial charge in [-0.25, -0.2) is 0 Å². The quantitative estimate of drug-likeness (QED) is 0.849. The summed E-state index contributed by atoms with van der Waals surface area (Å²) in [5.41, 5.74) is 7.22. The Bertz CT molecular complexity index is 548. The van der Waals surface area contributed by atoms with Crippen LogP contribution in [0.25, 0.3) is 0 Å². The molecule has 0 aromatic heterocycles. The number of nitrogens with two attached hydrogens (primary N) is 1. The van der Waals surface area contributed by atoms with Gasteiger partial charge in [-0.15, -0.1) is 6.42 Å². The molecule has 1 aliphatic heterocycles. The molecule has 1 aromatic carbocycles. The second-order valence-electron chi connectivity index (χ2n) is 5.19. The molecule has 0 spiro atoms. The van der Waals surface area contributed by atoms with E-state index in [1.807, 2.05) is 25.2 Å². The SMILES string of the molecule is C#Cc1cccc(C2CC(C(N)=O)CCN2C)c1OC. The third-order valence-electron chi connectivity index (χ3n) is 4.04. The van der Waals surface area contributed by atoms with E-state index in [2.05, 4.69) is 10.8 Å². The van der Waals surface area contributed by atoms with Crippen LogP contribution in [0.5, 0.6) is 5.75 Å². The van der Waals surface area contributed by atoms with E-state index in [9.17, 15) is 4.79 Å². The Morgan fingerprint density at radius 1 is 1.55 bits per heavy atom. The lowest BCUT2D eigenvalue weighted by atomic mass is 9.86. The lowest BCUT2D eigenvalue weighted by molar-refractivity contribution is -0.123. The van der Waals surface area contributed by atoms with Gasteiger partial charge in [0.1, 0.15) is 5.75 Å². The Labute approximate surface area is 119 Å². The van der Waals surface area contributed by atoms with Gasteiger partial charge in [0.2, 0.25) is 5.91 Å². The molecular formula is C16H20N2O2. The third-order valence-corrected chi connectivity index (χ3v) is 4.04. The van der Waals surface area contributed by atoms with Crippen molar-refractivity contribution < 1.29 is 9.53 Å². The smallest absolute Gasteiger partial charge is 0.220 e. The summed E-state index contributed by atoms with van der Waals surface area (Å²) in [6, 6.07) is 5.89. The fraction of sp³-hybridized carbons (Fsp3) is 0.438. The highest BCUT2D eigenvalue weighted by Gasteiger charge is 2.32. The van der Waals surface area contributed by atoms with E-state index in [0.717, 1.165) is 29.8 Å². The topological polar surface area (TPSA) is 55.6 Å². The Morgan fingerprint density at radius 2 is 2.30 bits per heavy atom. The first-order valence-electron chi connectivity index (χ1n) is 6.71. The van der Waals surface area contributed by atoms with Crippen molar-refractivity contribution in [2.24, 2.45) is 11.7 Å². The van der Waals surface area contributed by atoms with Crippen LogP contribution in [0.15, 0.2) is 18.2 Å². The number of benzene rings is 1. The molecule has 2 rings (SSSR count). The first-order chi connectivity index (χ1) is 9.58. The van der Waals surface area contributed by atoms with Gasteiger partial charge >= 0.3 is 0 Å². The van der Waals surface area contributed by atoms with Crippen LogP contribution in [0.3, 0.4) is 0 Å². The Balaban J connectivity index is 2.39. The average Bonchev–Trinajstić information content (AvgIpc) is 2.46. The molecule has 1 amide bonds. The van der Waals surface area contributed by atoms with Crippen molar-refractivity contribution in [1.82, 2.24) is 4.90 Å².